The molecule has 2 aromatic carbocycles. The van der Waals surface area contributed by atoms with E-state index in [1.54, 1.807) is 42.6 Å². The number of anilines is 2. The molecule has 0 aliphatic heterocycles. The summed E-state index contributed by atoms with van der Waals surface area (Å²) in [6, 6.07) is 18.3. The second kappa shape index (κ2) is 8.27. The number of hydrogen-bond acceptors (Lipinski definition) is 4. The molecule has 27 heavy (non-hydrogen) atoms. The number of pyridine rings is 1. The average Bonchev–Trinajstić information content (AvgIpc) is 2.68. The van der Waals surface area contributed by atoms with Gasteiger partial charge in [0.2, 0.25) is 0 Å². The number of aromatic nitrogens is 1. The number of benzene rings is 2. The van der Waals surface area contributed by atoms with Gasteiger partial charge in [0.05, 0.1) is 0 Å². The molecule has 0 bridgehead atoms. The van der Waals surface area contributed by atoms with Gasteiger partial charge >= 0.3 is 0 Å². The van der Waals surface area contributed by atoms with Crippen molar-refractivity contribution in [3.05, 3.63) is 89.1 Å². The monoisotopic (exact) mass is 359 g/mol. The van der Waals surface area contributed by atoms with Crippen molar-refractivity contribution >= 4 is 23.2 Å². The fourth-order valence-electron chi connectivity index (χ4n) is 2.65. The molecule has 136 valence electrons. The first-order valence-electron chi connectivity index (χ1n) is 8.70. The van der Waals surface area contributed by atoms with Gasteiger partial charge in [-0.3, -0.25) is 9.59 Å². The Hall–Kier alpha value is -3.47. The van der Waals surface area contributed by atoms with Crippen LogP contribution in [0.2, 0.25) is 0 Å². The van der Waals surface area contributed by atoms with E-state index in [-0.39, 0.29) is 11.7 Å². The quantitative estimate of drug-likeness (QED) is 0.638. The number of nitrogens with zero attached hydrogens (tertiary/aromatic N) is 1. The van der Waals surface area contributed by atoms with E-state index < -0.39 is 0 Å². The van der Waals surface area contributed by atoms with E-state index in [0.717, 1.165) is 0 Å². The molecule has 3 aromatic rings. The third-order valence-corrected chi connectivity index (χ3v) is 4.29. The van der Waals surface area contributed by atoms with Crippen LogP contribution in [0.1, 0.15) is 38.8 Å². The van der Waals surface area contributed by atoms with Crippen LogP contribution in [-0.4, -0.2) is 16.7 Å². The van der Waals surface area contributed by atoms with Crippen molar-refractivity contribution in [3.63, 3.8) is 0 Å². The van der Waals surface area contributed by atoms with Crippen molar-refractivity contribution in [2.75, 3.05) is 10.6 Å². The van der Waals surface area contributed by atoms with E-state index >= 15 is 0 Å². The summed E-state index contributed by atoms with van der Waals surface area (Å²) in [5, 5.41) is 6.08. The standard InChI is InChI=1S/C22H21N3O2/c1-15-5-3-4-6-19(15)14-24-21-13-18(11-12-23-21)22(27)25-20-9-7-17(8-10-20)16(2)26/h3-13H,14H2,1-2H3,(H,23,24)(H,25,27). The molecule has 0 saturated heterocycles. The Labute approximate surface area is 158 Å². The number of aryl methyl sites for hydroxylation is 1. The maximum Gasteiger partial charge on any atom is 0.255 e. The van der Waals surface area contributed by atoms with Gasteiger partial charge < -0.3 is 10.6 Å². The van der Waals surface area contributed by atoms with Crippen molar-refractivity contribution in [2.24, 2.45) is 0 Å². The van der Waals surface area contributed by atoms with E-state index in [1.807, 2.05) is 12.1 Å². The van der Waals surface area contributed by atoms with Gasteiger partial charge in [-0.15, -0.1) is 0 Å². The third kappa shape index (κ3) is 4.79. The van der Waals surface area contributed by atoms with Gasteiger partial charge in [-0.25, -0.2) is 4.98 Å². The van der Waals surface area contributed by atoms with Gasteiger partial charge in [0.15, 0.2) is 5.78 Å². The average molecular weight is 359 g/mol. The first-order valence-corrected chi connectivity index (χ1v) is 8.70. The Balaban J connectivity index is 1.66. The highest BCUT2D eigenvalue weighted by Crippen LogP contribution is 2.15. The minimum Gasteiger partial charge on any atom is -0.366 e. The van der Waals surface area contributed by atoms with E-state index in [0.29, 0.717) is 29.2 Å². The van der Waals surface area contributed by atoms with Crippen molar-refractivity contribution in [2.45, 2.75) is 20.4 Å². The molecule has 0 radical (unpaired) electrons. The smallest absolute Gasteiger partial charge is 0.255 e. The fourth-order valence-corrected chi connectivity index (χ4v) is 2.65. The number of ketones is 1. The summed E-state index contributed by atoms with van der Waals surface area (Å²) in [7, 11) is 0. The van der Waals surface area contributed by atoms with Crippen LogP contribution < -0.4 is 10.6 Å². The molecule has 0 atom stereocenters. The maximum atomic E-state index is 12.5. The molecule has 3 rings (SSSR count). The summed E-state index contributed by atoms with van der Waals surface area (Å²) >= 11 is 0. The molecule has 0 spiro atoms. The maximum absolute atomic E-state index is 12.5. The molecule has 0 aliphatic carbocycles. The lowest BCUT2D eigenvalue weighted by molar-refractivity contribution is 0.101. The minimum absolute atomic E-state index is 0.00798. The number of Topliss-reactive ketones (excluding diaryl/α,β-unsaturated/α-hetero) is 1. The summed E-state index contributed by atoms with van der Waals surface area (Å²) < 4.78 is 0. The van der Waals surface area contributed by atoms with Crippen LogP contribution in [0.15, 0.2) is 66.9 Å². The van der Waals surface area contributed by atoms with Crippen LogP contribution >= 0.6 is 0 Å². The molecule has 5 nitrogen and oxygen atoms in total. The molecule has 0 fully saturated rings. The Morgan fingerprint density at radius 3 is 2.41 bits per heavy atom. The van der Waals surface area contributed by atoms with Gasteiger partial charge in [-0.05, 0) is 61.4 Å². The van der Waals surface area contributed by atoms with Gasteiger partial charge in [0.25, 0.3) is 5.91 Å². The molecular formula is C22H21N3O2. The highest BCUT2D eigenvalue weighted by atomic mass is 16.1. The summed E-state index contributed by atoms with van der Waals surface area (Å²) in [5.41, 5.74) is 4.14. The van der Waals surface area contributed by atoms with Gasteiger partial charge in [-0.1, -0.05) is 24.3 Å². The Morgan fingerprint density at radius 1 is 0.963 bits per heavy atom. The van der Waals surface area contributed by atoms with Crippen molar-refractivity contribution in [1.29, 1.82) is 0 Å². The Bertz CT molecular complexity index is 965. The lowest BCUT2D eigenvalue weighted by Crippen LogP contribution is -2.13. The summed E-state index contributed by atoms with van der Waals surface area (Å²) in [5.74, 6) is 0.399. The first kappa shape index (κ1) is 18.3. The third-order valence-electron chi connectivity index (χ3n) is 4.29. The summed E-state index contributed by atoms with van der Waals surface area (Å²) in [6.07, 6.45) is 1.61. The molecular weight excluding hydrogens is 338 g/mol. The number of nitrogens with one attached hydrogen (secondary N) is 2. The van der Waals surface area contributed by atoms with Crippen molar-refractivity contribution < 1.29 is 9.59 Å². The molecule has 0 unspecified atom stereocenters. The predicted molar refractivity (Wildman–Crippen MR) is 107 cm³/mol. The molecule has 1 amide bonds. The summed E-state index contributed by atoms with van der Waals surface area (Å²) in [6.45, 7) is 4.21. The predicted octanol–water partition coefficient (Wildman–Crippen LogP) is 4.46. The van der Waals surface area contributed by atoms with Crippen molar-refractivity contribution in [1.82, 2.24) is 4.98 Å². The zero-order valence-corrected chi connectivity index (χ0v) is 15.3. The number of hydrogen-bond donors (Lipinski definition) is 2. The number of carbonyl (C=O) groups is 2. The van der Waals surface area contributed by atoms with Gasteiger partial charge in [0.1, 0.15) is 5.82 Å². The van der Waals surface area contributed by atoms with Crippen LogP contribution in [0.5, 0.6) is 0 Å². The second-order valence-electron chi connectivity index (χ2n) is 6.30. The van der Waals surface area contributed by atoms with Crippen molar-refractivity contribution in [3.8, 4) is 0 Å². The topological polar surface area (TPSA) is 71.1 Å². The van der Waals surface area contributed by atoms with E-state index in [9.17, 15) is 9.59 Å². The van der Waals surface area contributed by atoms with Gasteiger partial charge in [-0.2, -0.15) is 0 Å². The zero-order chi connectivity index (χ0) is 19.2. The normalized spacial score (nSPS) is 10.3. The lowest BCUT2D eigenvalue weighted by atomic mass is 10.1. The number of amides is 1. The zero-order valence-electron chi connectivity index (χ0n) is 15.3. The highest BCUT2D eigenvalue weighted by Gasteiger charge is 2.08. The van der Waals surface area contributed by atoms with Crippen LogP contribution in [0.3, 0.4) is 0 Å². The van der Waals surface area contributed by atoms with Crippen LogP contribution in [-0.2, 0) is 6.54 Å². The van der Waals surface area contributed by atoms with Crippen LogP contribution in [0.25, 0.3) is 0 Å². The Morgan fingerprint density at radius 2 is 1.70 bits per heavy atom. The fraction of sp³-hybridized carbons (Fsp3) is 0.136. The molecule has 2 N–H and O–H groups in total. The number of carbonyl (C=O) groups excluding carboxylic acids is 2. The van der Waals surface area contributed by atoms with E-state index in [2.05, 4.69) is 34.7 Å². The van der Waals surface area contributed by atoms with Crippen LogP contribution in [0, 0.1) is 6.92 Å². The lowest BCUT2D eigenvalue weighted by Gasteiger charge is -2.10. The SMILES string of the molecule is CC(=O)c1ccc(NC(=O)c2ccnc(NCc3ccccc3C)c2)cc1. The van der Waals surface area contributed by atoms with E-state index in [4.69, 9.17) is 0 Å². The molecule has 0 saturated carbocycles. The molecule has 5 heteroatoms. The molecule has 1 heterocycles. The first-order chi connectivity index (χ1) is 13.0. The highest BCUT2D eigenvalue weighted by molar-refractivity contribution is 6.05. The molecule has 0 aliphatic rings. The largest absolute Gasteiger partial charge is 0.366 e. The van der Waals surface area contributed by atoms with Gasteiger partial charge in [0, 0.05) is 29.6 Å². The van der Waals surface area contributed by atoms with E-state index in [1.165, 1.54) is 18.1 Å². The number of rotatable bonds is 6. The Kier molecular flexibility index (Phi) is 5.61. The molecule has 1 aromatic heterocycles. The van der Waals surface area contributed by atoms with Crippen LogP contribution in [0.4, 0.5) is 11.5 Å². The minimum atomic E-state index is -0.230. The summed E-state index contributed by atoms with van der Waals surface area (Å²) in [4.78, 5) is 28.1. The second-order valence-corrected chi connectivity index (χ2v) is 6.30.